The second kappa shape index (κ2) is 34.6. The van der Waals surface area contributed by atoms with Gasteiger partial charge in [0.1, 0.15) is 44.9 Å². The predicted octanol–water partition coefficient (Wildman–Crippen LogP) is 12.5. The molecule has 12 rings (SSSR count). The number of amides is 4. The fourth-order valence-corrected chi connectivity index (χ4v) is 9.18. The number of carbonyl (C=O) groups excluding carboxylic acids is 5. The number of fused-ring (bicyclic) bond motifs is 2. The summed E-state index contributed by atoms with van der Waals surface area (Å²) in [5.74, 6) is -1.38. The molecule has 10 N–H and O–H groups in total. The molecule has 0 radical (unpaired) electrons. The Morgan fingerprint density at radius 2 is 1.00 bits per heavy atom. The van der Waals surface area contributed by atoms with E-state index >= 15 is 0 Å². The number of nitrogens with zero attached hydrogens (tertiary/aromatic N) is 8. The number of aromatic nitrogens is 10. The number of imidazole rings is 5. The van der Waals surface area contributed by atoms with Crippen molar-refractivity contribution in [1.29, 1.82) is 0 Å². The number of halogens is 6. The lowest BCUT2D eigenvalue weighted by molar-refractivity contribution is -0.116. The van der Waals surface area contributed by atoms with Gasteiger partial charge < -0.3 is 44.5 Å². The second-order valence-corrected chi connectivity index (χ2v) is 22.6. The van der Waals surface area contributed by atoms with Crippen LogP contribution < -0.4 is 32.9 Å². The minimum atomic E-state index is -0.375. The fourth-order valence-electron chi connectivity index (χ4n) is 8.35. The van der Waals surface area contributed by atoms with Gasteiger partial charge in [0, 0.05) is 87.1 Å². The molecular weight excluding hydrogens is 1380 g/mol. The number of nitrogens with two attached hydrogens (primary N) is 2. The van der Waals surface area contributed by atoms with Crippen LogP contribution in [0.3, 0.4) is 0 Å². The molecule has 23 nitrogen and oxygen atoms in total. The van der Waals surface area contributed by atoms with E-state index in [1.165, 1.54) is 88.4 Å². The van der Waals surface area contributed by atoms with Gasteiger partial charge in [0.05, 0.1) is 39.8 Å². The van der Waals surface area contributed by atoms with Gasteiger partial charge in [-0.2, -0.15) is 4.99 Å². The van der Waals surface area contributed by atoms with Crippen molar-refractivity contribution in [3.05, 3.63) is 198 Å². The van der Waals surface area contributed by atoms with Crippen LogP contribution in [0.5, 0.6) is 0 Å². The number of hydrogen-bond donors (Lipinski definition) is 8. The van der Waals surface area contributed by atoms with Crippen LogP contribution in [0, 0.1) is 23.3 Å². The van der Waals surface area contributed by atoms with Crippen molar-refractivity contribution in [3.8, 4) is 45.0 Å². The van der Waals surface area contributed by atoms with E-state index < -0.39 is 0 Å². The summed E-state index contributed by atoms with van der Waals surface area (Å²) in [6.07, 6.45) is 12.8. The topological polar surface area (TPSA) is 325 Å². The summed E-state index contributed by atoms with van der Waals surface area (Å²) in [4.78, 5) is 87.0. The number of anilines is 3. The number of guanidine groups is 1. The maximum absolute atomic E-state index is 13.2. The van der Waals surface area contributed by atoms with Gasteiger partial charge in [-0.1, -0.05) is 35.8 Å². The third-order valence-electron chi connectivity index (χ3n) is 13.4. The quantitative estimate of drug-likeness (QED) is 0.0158. The smallest absolute Gasteiger partial charge is 0.399 e. The Bertz CT molecular complexity index is 4420. The van der Waals surface area contributed by atoms with Gasteiger partial charge in [0.25, 0.3) is 0 Å². The number of H-pyrrole nitrogens is 3. The SMILES string of the molecule is CC.CC(=O)N=C(N)N.CC(=O)Nc1nc(-c2ccc(F)cc2)c(Br)[nH]1.CC(=O)Nc1nc(-c2ccc3nccn3c2)c(-c2ccc(F)cc2)[nH]1.CC(=O)Nc1ncc(-c2ccc(F)cc2)[nH]1.CC1(C)OB(c2ccc3nccn3c2)OC1(C)C.O=C(CBr)c1ccc(F)cc1. The van der Waals surface area contributed by atoms with Crippen LogP contribution in [0.15, 0.2) is 174 Å². The van der Waals surface area contributed by atoms with Gasteiger partial charge in [0.2, 0.25) is 41.5 Å². The van der Waals surface area contributed by atoms with E-state index in [4.69, 9.17) is 20.8 Å². The van der Waals surface area contributed by atoms with Crippen molar-refractivity contribution >= 4 is 109 Å². The second-order valence-electron chi connectivity index (χ2n) is 21.2. The molecule has 1 fully saturated rings. The van der Waals surface area contributed by atoms with Gasteiger partial charge in [-0.15, -0.1) is 0 Å². The fraction of sp³-hybridized carbons (Fsp3) is 0.197. The lowest BCUT2D eigenvalue weighted by atomic mass is 9.80. The first-order valence-electron chi connectivity index (χ1n) is 29.2. The van der Waals surface area contributed by atoms with Crippen molar-refractivity contribution in [2.45, 2.75) is 80.4 Å². The van der Waals surface area contributed by atoms with Crippen LogP contribution in [-0.4, -0.2) is 108 Å². The number of aromatic amines is 3. The van der Waals surface area contributed by atoms with Crippen molar-refractivity contribution < 1.29 is 50.8 Å². The first-order valence-corrected chi connectivity index (χ1v) is 31.2. The van der Waals surface area contributed by atoms with Gasteiger partial charge in [-0.3, -0.25) is 39.9 Å². The minimum absolute atomic E-state index is 0.0370. The zero-order valence-electron chi connectivity index (χ0n) is 53.7. The highest BCUT2D eigenvalue weighted by molar-refractivity contribution is 9.10. The molecule has 0 atom stereocenters. The third-order valence-corrected chi connectivity index (χ3v) is 14.5. The molecule has 4 aromatic carbocycles. The number of carbonyl (C=O) groups is 5. The number of nitrogens with one attached hydrogen (secondary N) is 6. The number of aliphatic imine (C=N–C) groups is 1. The molecule has 96 heavy (non-hydrogen) atoms. The van der Waals surface area contributed by atoms with Crippen LogP contribution in [0.25, 0.3) is 56.3 Å². The number of ketones is 1. The minimum Gasteiger partial charge on any atom is -0.399 e. The molecule has 30 heteroatoms. The Morgan fingerprint density at radius 1 is 0.562 bits per heavy atom. The summed E-state index contributed by atoms with van der Waals surface area (Å²) in [6.45, 7) is 17.7. The number of benzene rings is 4. The van der Waals surface area contributed by atoms with Crippen LogP contribution in [0.4, 0.5) is 35.4 Å². The maximum atomic E-state index is 13.2. The van der Waals surface area contributed by atoms with E-state index in [0.29, 0.717) is 45.1 Å². The highest BCUT2D eigenvalue weighted by atomic mass is 79.9. The molecule has 7 aromatic heterocycles. The number of pyridine rings is 2. The zero-order chi connectivity index (χ0) is 70.4. The van der Waals surface area contributed by atoms with E-state index in [9.17, 15) is 41.5 Å². The zero-order valence-corrected chi connectivity index (χ0v) is 56.9. The Kier molecular flexibility index (Phi) is 26.9. The summed E-state index contributed by atoms with van der Waals surface area (Å²) in [5, 5.41) is 7.99. The molecule has 1 saturated heterocycles. The molecule has 11 aromatic rings. The lowest BCUT2D eigenvalue weighted by Crippen LogP contribution is -2.41. The van der Waals surface area contributed by atoms with Crippen molar-refractivity contribution in [3.63, 3.8) is 0 Å². The van der Waals surface area contributed by atoms with E-state index in [-0.39, 0.29) is 82.3 Å². The highest BCUT2D eigenvalue weighted by Crippen LogP contribution is 2.37. The van der Waals surface area contributed by atoms with Gasteiger partial charge in [-0.25, -0.2) is 42.5 Å². The van der Waals surface area contributed by atoms with Crippen molar-refractivity contribution in [2.24, 2.45) is 16.5 Å². The Morgan fingerprint density at radius 3 is 1.48 bits per heavy atom. The van der Waals surface area contributed by atoms with Crippen LogP contribution in [0.2, 0.25) is 0 Å². The molecule has 0 bridgehead atoms. The summed E-state index contributed by atoms with van der Waals surface area (Å²) < 4.78 is 67.6. The molecule has 8 heterocycles. The summed E-state index contributed by atoms with van der Waals surface area (Å²) in [5.41, 5.74) is 18.2. The average molecular weight is 1440 g/mol. The standard InChI is InChI=1S/C18H14FN5O.C13H17BN2O2.C11H9BrFN3O.C11H10FN3O.C8H6BrFO.C3H7N3O.C2H6/c1-11(25)21-18-22-16(12-2-5-14(19)6-3-12)17(23-18)13-4-7-15-20-8-9-24(15)10-13;1-12(2)13(3,4)18-14(17-12)10-5-6-11-15-7-8-16(11)9-10;1-6(17)14-11-15-9(10(12)16-11)7-2-4-8(13)5-3-7;1-7(16)14-11-13-6-10(15-11)8-2-4-9(12)5-3-8;9-5-8(11)6-1-3-7(10)4-2-6;1-2(7)6-3(4)5;1-2/h2-10H,1H3,(H2,21,22,23,25);5-9H,1-4H3;2-5H,1H3,(H2,14,15,16,17);2-6H,1H3,(H2,13,14,15,16);1-4H,5H2;1H3,(H4,4,5,6,7);1-2H3. The largest absolute Gasteiger partial charge is 0.496 e. The number of Topliss-reactive ketones (excluding diaryl/α,β-unsaturated/α-hetero) is 1. The summed E-state index contributed by atoms with van der Waals surface area (Å²) in [7, 11) is -0.318. The van der Waals surface area contributed by atoms with Crippen molar-refractivity contribution in [2.75, 3.05) is 21.3 Å². The van der Waals surface area contributed by atoms with E-state index in [1.807, 2.05) is 71.7 Å². The number of hydrogen-bond acceptors (Lipinski definition) is 12. The molecule has 0 spiro atoms. The Labute approximate surface area is 566 Å². The van der Waals surface area contributed by atoms with Gasteiger partial charge in [-0.05, 0) is 170 Å². The first kappa shape index (κ1) is 74.6. The van der Waals surface area contributed by atoms with Gasteiger partial charge in [0.15, 0.2) is 11.7 Å². The Balaban J connectivity index is 0.000000187. The molecule has 1 aliphatic heterocycles. The normalized spacial score (nSPS) is 12.1. The molecule has 1 aliphatic rings. The monoisotopic (exact) mass is 1440 g/mol. The summed E-state index contributed by atoms with van der Waals surface area (Å²) in [6, 6.07) is 31.3. The summed E-state index contributed by atoms with van der Waals surface area (Å²) >= 11 is 6.33. The first-order chi connectivity index (χ1) is 45.6. The predicted molar refractivity (Wildman–Crippen MR) is 370 cm³/mol. The van der Waals surface area contributed by atoms with Crippen molar-refractivity contribution in [1.82, 2.24) is 48.7 Å². The van der Waals surface area contributed by atoms with E-state index in [1.54, 1.807) is 55.0 Å². The lowest BCUT2D eigenvalue weighted by Gasteiger charge is -2.32. The average Bonchev–Trinajstić information content (AvgIpc) is 1.64. The third kappa shape index (κ3) is 21.8. The van der Waals surface area contributed by atoms with Crippen LogP contribution in [0.1, 0.15) is 79.6 Å². The van der Waals surface area contributed by atoms with E-state index in [0.717, 1.165) is 44.7 Å². The maximum Gasteiger partial charge on any atom is 0.496 e. The van der Waals surface area contributed by atoms with E-state index in [2.05, 4.69) is 120 Å². The molecule has 0 saturated carbocycles. The van der Waals surface area contributed by atoms with Gasteiger partial charge >= 0.3 is 7.12 Å². The highest BCUT2D eigenvalue weighted by Gasteiger charge is 2.51. The number of alkyl halides is 1. The molecule has 0 unspecified atom stereocenters. The molecular formula is C66H69BBr2F4N16O7. The van der Waals surface area contributed by atoms with Crippen LogP contribution in [-0.2, 0) is 28.5 Å². The van der Waals surface area contributed by atoms with Crippen LogP contribution >= 0.6 is 31.9 Å². The molecule has 0 aliphatic carbocycles. The Hall–Kier alpha value is -10.4. The number of rotatable bonds is 10. The molecule has 4 amide bonds. The molecule has 500 valence electrons.